The summed E-state index contributed by atoms with van der Waals surface area (Å²) in [6.45, 7) is 9.93. The quantitative estimate of drug-likeness (QED) is 0.332. The zero-order chi connectivity index (χ0) is 21.5. The predicted octanol–water partition coefficient (Wildman–Crippen LogP) is 5.64. The summed E-state index contributed by atoms with van der Waals surface area (Å²) in [5.74, 6) is 0.803. The minimum Gasteiger partial charge on any atom is -0.497 e. The van der Waals surface area contributed by atoms with Crippen LogP contribution in [-0.4, -0.2) is 38.1 Å². The Morgan fingerprint density at radius 2 is 1.86 bits per heavy atom. The molecule has 1 aliphatic rings. The van der Waals surface area contributed by atoms with E-state index in [9.17, 15) is 4.57 Å². The van der Waals surface area contributed by atoms with Crippen LogP contribution < -0.4 is 4.74 Å². The van der Waals surface area contributed by atoms with Gasteiger partial charge in [0, 0.05) is 5.56 Å². The number of hydrogen-bond acceptors (Lipinski definition) is 7. The van der Waals surface area contributed by atoms with E-state index in [0.717, 1.165) is 30.6 Å². The van der Waals surface area contributed by atoms with Crippen molar-refractivity contribution >= 4 is 7.82 Å². The molecule has 166 valence electrons. The molecule has 1 aromatic rings. The molecular formula is C21H35O7P. The molecule has 1 fully saturated rings. The Balaban J connectivity index is 1.71. The molecule has 0 bridgehead atoms. The average Bonchev–Trinajstić information content (AvgIpc) is 3.08. The van der Waals surface area contributed by atoms with Gasteiger partial charge in [-0.05, 0) is 66.0 Å². The lowest BCUT2D eigenvalue weighted by Crippen LogP contribution is -2.20. The van der Waals surface area contributed by atoms with Crippen LogP contribution in [0.2, 0.25) is 0 Å². The molecule has 0 radical (unpaired) electrons. The zero-order valence-corrected chi connectivity index (χ0v) is 19.3. The fraction of sp³-hybridized carbons (Fsp3) is 0.714. The minimum absolute atomic E-state index is 0.0339. The van der Waals surface area contributed by atoms with Gasteiger partial charge in [-0.1, -0.05) is 12.1 Å². The van der Waals surface area contributed by atoms with Crippen LogP contribution in [-0.2, 0) is 27.6 Å². The maximum atomic E-state index is 12.8. The lowest BCUT2D eigenvalue weighted by Gasteiger charge is -2.27. The summed E-state index contributed by atoms with van der Waals surface area (Å²) in [4.78, 5) is 0. The summed E-state index contributed by atoms with van der Waals surface area (Å²) in [6.07, 6.45) is 1.87. The van der Waals surface area contributed by atoms with Crippen molar-refractivity contribution < 1.29 is 32.3 Å². The molecule has 0 N–H and O–H groups in total. The van der Waals surface area contributed by atoms with Crippen LogP contribution in [0.4, 0.5) is 0 Å². The molecule has 7 nitrogen and oxygen atoms in total. The number of rotatable bonds is 11. The van der Waals surface area contributed by atoms with Gasteiger partial charge in [-0.2, -0.15) is 0 Å². The van der Waals surface area contributed by atoms with E-state index in [1.165, 1.54) is 0 Å². The maximum absolute atomic E-state index is 12.8. The fourth-order valence-electron chi connectivity index (χ4n) is 2.86. The van der Waals surface area contributed by atoms with Crippen LogP contribution in [0.1, 0.15) is 65.7 Å². The van der Waals surface area contributed by atoms with Crippen molar-refractivity contribution in [3.63, 3.8) is 0 Å². The highest BCUT2D eigenvalue weighted by Crippen LogP contribution is 2.53. The van der Waals surface area contributed by atoms with Crippen LogP contribution in [0.5, 0.6) is 5.75 Å². The van der Waals surface area contributed by atoms with E-state index in [0.29, 0.717) is 13.2 Å². The van der Waals surface area contributed by atoms with E-state index in [1.54, 1.807) is 21.0 Å². The third-order valence-corrected chi connectivity index (χ3v) is 5.98. The highest BCUT2D eigenvalue weighted by Gasteiger charge is 2.34. The van der Waals surface area contributed by atoms with E-state index < -0.39 is 13.4 Å². The molecule has 0 spiro atoms. The molecule has 3 atom stereocenters. The predicted molar refractivity (Wildman–Crippen MR) is 111 cm³/mol. The van der Waals surface area contributed by atoms with Crippen molar-refractivity contribution in [2.45, 2.75) is 78.0 Å². The van der Waals surface area contributed by atoms with Gasteiger partial charge >= 0.3 is 7.82 Å². The molecule has 0 saturated carbocycles. The van der Waals surface area contributed by atoms with Gasteiger partial charge in [-0.25, -0.2) is 4.57 Å². The fourth-order valence-corrected chi connectivity index (χ4v) is 4.55. The summed E-state index contributed by atoms with van der Waals surface area (Å²) < 4.78 is 46.2. The lowest BCUT2D eigenvalue weighted by molar-refractivity contribution is -0.0614. The molecule has 2 rings (SSSR count). The van der Waals surface area contributed by atoms with Gasteiger partial charge in [0.05, 0.1) is 38.1 Å². The van der Waals surface area contributed by atoms with E-state index in [-0.39, 0.29) is 18.5 Å². The molecule has 1 saturated heterocycles. The monoisotopic (exact) mass is 430 g/mol. The van der Waals surface area contributed by atoms with Gasteiger partial charge in [0.15, 0.2) is 6.29 Å². The molecule has 8 heteroatoms. The standard InChI is InChI=1S/C21H35O7P/c1-16(2)27-29(22,28-21(3,4)5)25-14-8-7-9-19-15-24-20(26-19)17-10-12-18(23-6)13-11-17/h10-13,16,19-20H,7-9,14-15H2,1-6H3. The lowest BCUT2D eigenvalue weighted by atomic mass is 10.2. The Bertz CT molecular complexity index is 654. The van der Waals surface area contributed by atoms with Crippen molar-refractivity contribution in [2.75, 3.05) is 20.3 Å². The second-order valence-electron chi connectivity index (χ2n) is 8.33. The molecule has 3 unspecified atom stereocenters. The first-order chi connectivity index (χ1) is 13.6. The van der Waals surface area contributed by atoms with Crippen LogP contribution >= 0.6 is 7.82 Å². The number of unbranched alkanes of at least 4 members (excludes halogenated alkanes) is 1. The molecule has 1 heterocycles. The number of phosphoric ester groups is 1. The highest BCUT2D eigenvalue weighted by molar-refractivity contribution is 7.48. The summed E-state index contributed by atoms with van der Waals surface area (Å²) >= 11 is 0. The van der Waals surface area contributed by atoms with Gasteiger partial charge in [-0.3, -0.25) is 13.6 Å². The summed E-state index contributed by atoms with van der Waals surface area (Å²) in [5.41, 5.74) is 0.360. The summed E-state index contributed by atoms with van der Waals surface area (Å²) in [5, 5.41) is 0. The van der Waals surface area contributed by atoms with Crippen LogP contribution in [0.3, 0.4) is 0 Å². The van der Waals surface area contributed by atoms with Gasteiger partial charge in [0.25, 0.3) is 0 Å². The molecule has 0 aromatic heterocycles. The first-order valence-corrected chi connectivity index (χ1v) is 11.6. The highest BCUT2D eigenvalue weighted by atomic mass is 31.2. The third-order valence-electron chi connectivity index (χ3n) is 4.03. The van der Waals surface area contributed by atoms with Crippen molar-refractivity contribution in [3.05, 3.63) is 29.8 Å². The average molecular weight is 430 g/mol. The van der Waals surface area contributed by atoms with Gasteiger partial charge in [0.1, 0.15) is 5.75 Å². The first kappa shape index (κ1) is 24.3. The van der Waals surface area contributed by atoms with Crippen molar-refractivity contribution in [1.82, 2.24) is 0 Å². The van der Waals surface area contributed by atoms with E-state index in [4.69, 9.17) is 27.8 Å². The molecule has 1 aromatic carbocycles. The zero-order valence-electron chi connectivity index (χ0n) is 18.4. The topological polar surface area (TPSA) is 72.5 Å². The SMILES string of the molecule is COc1ccc(C2OCC(CCCCOP(=O)(OC(C)C)OC(C)(C)C)O2)cc1. The van der Waals surface area contributed by atoms with E-state index >= 15 is 0 Å². The minimum atomic E-state index is -3.59. The Hall–Kier alpha value is -0.950. The molecular weight excluding hydrogens is 395 g/mol. The van der Waals surface area contributed by atoms with Crippen LogP contribution in [0.15, 0.2) is 24.3 Å². The van der Waals surface area contributed by atoms with Gasteiger partial charge in [0.2, 0.25) is 0 Å². The second-order valence-corrected chi connectivity index (χ2v) is 9.88. The Morgan fingerprint density at radius 1 is 1.17 bits per heavy atom. The van der Waals surface area contributed by atoms with Gasteiger partial charge in [-0.15, -0.1) is 0 Å². The number of benzene rings is 1. The van der Waals surface area contributed by atoms with E-state index in [2.05, 4.69) is 0 Å². The number of methoxy groups -OCH3 is 1. The Labute approximate surface area is 174 Å². The number of hydrogen-bond donors (Lipinski definition) is 0. The summed E-state index contributed by atoms with van der Waals surface area (Å²) in [6, 6.07) is 7.68. The van der Waals surface area contributed by atoms with Crippen molar-refractivity contribution in [2.24, 2.45) is 0 Å². The first-order valence-electron chi connectivity index (χ1n) is 10.1. The molecule has 0 aliphatic carbocycles. The largest absolute Gasteiger partial charge is 0.497 e. The van der Waals surface area contributed by atoms with Crippen LogP contribution in [0, 0.1) is 0 Å². The van der Waals surface area contributed by atoms with Crippen molar-refractivity contribution in [3.8, 4) is 5.75 Å². The summed E-state index contributed by atoms with van der Waals surface area (Å²) in [7, 11) is -1.95. The van der Waals surface area contributed by atoms with E-state index in [1.807, 2.05) is 45.0 Å². The Morgan fingerprint density at radius 3 is 2.45 bits per heavy atom. The normalized spacial score (nSPS) is 22.0. The third kappa shape index (κ3) is 8.75. The molecule has 1 aliphatic heterocycles. The number of ether oxygens (including phenoxy) is 3. The maximum Gasteiger partial charge on any atom is 0.475 e. The van der Waals surface area contributed by atoms with Crippen LogP contribution in [0.25, 0.3) is 0 Å². The Kier molecular flexibility index (Phi) is 9.14. The number of phosphoric acid groups is 1. The molecule has 29 heavy (non-hydrogen) atoms. The van der Waals surface area contributed by atoms with Crippen molar-refractivity contribution in [1.29, 1.82) is 0 Å². The smallest absolute Gasteiger partial charge is 0.475 e. The van der Waals surface area contributed by atoms with Gasteiger partial charge < -0.3 is 14.2 Å². The molecule has 0 amide bonds. The second kappa shape index (κ2) is 10.9.